The fraction of sp³-hybridized carbons (Fsp3) is 0.333. The van der Waals surface area contributed by atoms with E-state index < -0.39 is 0 Å². The Balaban J connectivity index is 1.95. The summed E-state index contributed by atoms with van der Waals surface area (Å²) in [5.41, 5.74) is 1.94. The van der Waals surface area contributed by atoms with Crippen LogP contribution < -0.4 is 10.1 Å². The van der Waals surface area contributed by atoms with Gasteiger partial charge < -0.3 is 15.0 Å². The molecule has 124 valence electrons. The zero-order valence-electron chi connectivity index (χ0n) is 13.5. The van der Waals surface area contributed by atoms with E-state index in [2.05, 4.69) is 10.2 Å². The van der Waals surface area contributed by atoms with Crippen molar-refractivity contribution in [2.45, 2.75) is 13.2 Å². The first-order chi connectivity index (χ1) is 11.0. The Morgan fingerprint density at radius 3 is 2.57 bits per heavy atom. The van der Waals surface area contributed by atoms with Crippen LogP contribution in [0.2, 0.25) is 5.02 Å². The molecule has 0 aliphatic heterocycles. The maximum atomic E-state index is 12.9. The van der Waals surface area contributed by atoms with Crippen molar-refractivity contribution in [1.82, 2.24) is 10.2 Å². The van der Waals surface area contributed by atoms with Gasteiger partial charge in [0.2, 0.25) is 0 Å². The van der Waals surface area contributed by atoms with Crippen LogP contribution in [-0.2, 0) is 13.2 Å². The van der Waals surface area contributed by atoms with E-state index in [4.69, 9.17) is 16.3 Å². The van der Waals surface area contributed by atoms with Crippen LogP contribution in [0.5, 0.6) is 5.75 Å². The summed E-state index contributed by atoms with van der Waals surface area (Å²) in [6, 6.07) is 11.9. The monoisotopic (exact) mass is 336 g/mol. The number of rotatable bonds is 8. The van der Waals surface area contributed by atoms with E-state index in [-0.39, 0.29) is 5.82 Å². The topological polar surface area (TPSA) is 24.5 Å². The minimum atomic E-state index is -0.244. The van der Waals surface area contributed by atoms with Crippen LogP contribution in [0.15, 0.2) is 42.5 Å². The molecule has 0 heterocycles. The molecule has 2 rings (SSSR count). The number of likely N-dealkylation sites (N-methyl/N-ethyl adjacent to an activating group) is 1. The molecule has 0 saturated heterocycles. The van der Waals surface area contributed by atoms with Crippen molar-refractivity contribution >= 4 is 11.6 Å². The Bertz CT molecular complexity index is 617. The summed E-state index contributed by atoms with van der Waals surface area (Å²) in [6.07, 6.45) is 0. The Hall–Kier alpha value is -1.62. The van der Waals surface area contributed by atoms with E-state index in [9.17, 15) is 4.39 Å². The van der Waals surface area contributed by atoms with Gasteiger partial charge in [0, 0.05) is 30.2 Å². The Kier molecular flexibility index (Phi) is 6.84. The lowest BCUT2D eigenvalue weighted by atomic mass is 10.2. The molecule has 0 unspecified atom stereocenters. The summed E-state index contributed by atoms with van der Waals surface area (Å²) in [7, 11) is 4.08. The van der Waals surface area contributed by atoms with Gasteiger partial charge in [0.15, 0.2) is 0 Å². The fourth-order valence-corrected chi connectivity index (χ4v) is 2.29. The summed E-state index contributed by atoms with van der Waals surface area (Å²) in [6.45, 7) is 2.93. The van der Waals surface area contributed by atoms with Crippen LogP contribution in [0, 0.1) is 5.82 Å². The van der Waals surface area contributed by atoms with Gasteiger partial charge in [-0.2, -0.15) is 0 Å². The average Bonchev–Trinajstić information content (AvgIpc) is 2.52. The Morgan fingerprint density at radius 1 is 1.13 bits per heavy atom. The fourth-order valence-electron chi connectivity index (χ4n) is 2.09. The minimum absolute atomic E-state index is 0.244. The van der Waals surface area contributed by atoms with Gasteiger partial charge in [-0.15, -0.1) is 0 Å². The van der Waals surface area contributed by atoms with Gasteiger partial charge in [-0.05, 0) is 50.0 Å². The molecule has 2 aromatic rings. The highest BCUT2D eigenvalue weighted by Gasteiger charge is 2.06. The van der Waals surface area contributed by atoms with E-state index in [1.54, 1.807) is 12.1 Å². The van der Waals surface area contributed by atoms with E-state index in [1.165, 1.54) is 12.1 Å². The number of hydrogen-bond donors (Lipinski definition) is 1. The van der Waals surface area contributed by atoms with Crippen LogP contribution in [0.1, 0.15) is 11.1 Å². The number of nitrogens with one attached hydrogen (secondary N) is 1. The highest BCUT2D eigenvalue weighted by molar-refractivity contribution is 6.30. The smallest absolute Gasteiger partial charge is 0.124 e. The molecule has 3 nitrogen and oxygen atoms in total. The second-order valence-corrected chi connectivity index (χ2v) is 6.08. The molecule has 0 fully saturated rings. The third-order valence-corrected chi connectivity index (χ3v) is 3.62. The van der Waals surface area contributed by atoms with E-state index in [0.717, 1.165) is 30.0 Å². The van der Waals surface area contributed by atoms with Crippen molar-refractivity contribution in [2.24, 2.45) is 0 Å². The van der Waals surface area contributed by atoms with Gasteiger partial charge in [-0.1, -0.05) is 23.7 Å². The summed E-state index contributed by atoms with van der Waals surface area (Å²) in [5.74, 6) is 0.544. The first kappa shape index (κ1) is 17.7. The first-order valence-electron chi connectivity index (χ1n) is 7.56. The van der Waals surface area contributed by atoms with E-state index >= 15 is 0 Å². The summed E-state index contributed by atoms with van der Waals surface area (Å²) in [5, 5.41) is 4.06. The zero-order chi connectivity index (χ0) is 16.7. The van der Waals surface area contributed by atoms with Crippen LogP contribution >= 0.6 is 11.6 Å². The second kappa shape index (κ2) is 8.87. The second-order valence-electron chi connectivity index (χ2n) is 5.65. The lowest BCUT2D eigenvalue weighted by Crippen LogP contribution is -2.26. The molecule has 0 aliphatic carbocycles. The van der Waals surface area contributed by atoms with E-state index in [1.807, 2.05) is 32.3 Å². The van der Waals surface area contributed by atoms with Crippen LogP contribution in [-0.4, -0.2) is 32.1 Å². The molecule has 0 aromatic heterocycles. The average molecular weight is 337 g/mol. The molecule has 23 heavy (non-hydrogen) atoms. The number of ether oxygens (including phenoxy) is 1. The van der Waals surface area contributed by atoms with Gasteiger partial charge in [0.1, 0.15) is 18.2 Å². The predicted molar refractivity (Wildman–Crippen MR) is 92.4 cm³/mol. The summed E-state index contributed by atoms with van der Waals surface area (Å²) in [4.78, 5) is 2.12. The van der Waals surface area contributed by atoms with Gasteiger partial charge in [-0.25, -0.2) is 4.39 Å². The quantitative estimate of drug-likeness (QED) is 0.744. The van der Waals surface area contributed by atoms with Crippen LogP contribution in [0.3, 0.4) is 0 Å². The van der Waals surface area contributed by atoms with Crippen molar-refractivity contribution in [1.29, 1.82) is 0 Å². The van der Waals surface area contributed by atoms with Crippen molar-refractivity contribution in [3.05, 3.63) is 64.4 Å². The highest BCUT2D eigenvalue weighted by Crippen LogP contribution is 2.24. The highest BCUT2D eigenvalue weighted by atomic mass is 35.5. The van der Waals surface area contributed by atoms with Gasteiger partial charge in [-0.3, -0.25) is 0 Å². The zero-order valence-corrected chi connectivity index (χ0v) is 14.2. The number of hydrogen-bond acceptors (Lipinski definition) is 3. The third kappa shape index (κ3) is 6.18. The lowest BCUT2D eigenvalue weighted by Gasteiger charge is -2.14. The molecule has 0 bridgehead atoms. The van der Waals surface area contributed by atoms with E-state index in [0.29, 0.717) is 18.2 Å². The number of nitrogens with zero attached hydrogens (tertiary/aromatic N) is 1. The SMILES string of the molecule is CN(C)CCNCc1cc(Cl)ccc1OCc1ccc(F)cc1. The largest absolute Gasteiger partial charge is 0.489 e. The normalized spacial score (nSPS) is 11.0. The molecule has 0 atom stereocenters. The number of halogens is 2. The van der Waals surface area contributed by atoms with Crippen molar-refractivity contribution in [2.75, 3.05) is 27.2 Å². The summed E-state index contributed by atoms with van der Waals surface area (Å²) < 4.78 is 18.8. The van der Waals surface area contributed by atoms with Gasteiger partial charge in [0.05, 0.1) is 0 Å². The molecule has 1 N–H and O–H groups in total. The van der Waals surface area contributed by atoms with Crippen LogP contribution in [0.25, 0.3) is 0 Å². The molecule has 0 amide bonds. The summed E-state index contributed by atoms with van der Waals surface area (Å²) >= 11 is 6.08. The van der Waals surface area contributed by atoms with Gasteiger partial charge >= 0.3 is 0 Å². The van der Waals surface area contributed by atoms with Gasteiger partial charge in [0.25, 0.3) is 0 Å². The maximum Gasteiger partial charge on any atom is 0.124 e. The molecular weight excluding hydrogens is 315 g/mol. The molecule has 5 heteroatoms. The predicted octanol–water partition coefficient (Wildman–Crippen LogP) is 3.71. The standard InChI is InChI=1S/C18H22ClFN2O/c1-22(2)10-9-21-12-15-11-16(19)5-8-18(15)23-13-14-3-6-17(20)7-4-14/h3-8,11,21H,9-10,12-13H2,1-2H3. The van der Waals surface area contributed by atoms with Crippen LogP contribution in [0.4, 0.5) is 4.39 Å². The van der Waals surface area contributed by atoms with Crippen molar-refractivity contribution in [3.63, 3.8) is 0 Å². The van der Waals surface area contributed by atoms with Crippen molar-refractivity contribution in [3.8, 4) is 5.75 Å². The Morgan fingerprint density at radius 2 is 1.87 bits per heavy atom. The molecule has 0 spiro atoms. The number of benzene rings is 2. The lowest BCUT2D eigenvalue weighted by molar-refractivity contribution is 0.301. The third-order valence-electron chi connectivity index (χ3n) is 3.38. The minimum Gasteiger partial charge on any atom is -0.489 e. The maximum absolute atomic E-state index is 12.9. The molecule has 0 aliphatic rings. The molecule has 0 radical (unpaired) electrons. The Labute approximate surface area is 142 Å². The first-order valence-corrected chi connectivity index (χ1v) is 7.93. The molecule has 0 saturated carbocycles. The van der Waals surface area contributed by atoms with Crippen molar-refractivity contribution < 1.29 is 9.13 Å². The molecule has 2 aromatic carbocycles. The molecular formula is C18H22ClFN2O.